The first-order valence-corrected chi connectivity index (χ1v) is 7.49. The third-order valence-corrected chi connectivity index (χ3v) is 4.22. The zero-order valence-electron chi connectivity index (χ0n) is 12.6. The van der Waals surface area contributed by atoms with Gasteiger partial charge in [0.15, 0.2) is 0 Å². The van der Waals surface area contributed by atoms with E-state index in [1.165, 1.54) is 0 Å². The van der Waals surface area contributed by atoms with E-state index in [1.807, 2.05) is 42.9 Å². The van der Waals surface area contributed by atoms with Crippen LogP contribution in [-0.2, 0) is 7.05 Å². The molecule has 0 bridgehead atoms. The molecule has 0 radical (unpaired) electrons. The fraction of sp³-hybridized carbons (Fsp3) is 0.500. The highest BCUT2D eigenvalue weighted by Crippen LogP contribution is 2.30. The SMILES string of the molecule is Cc1cccc(N2CCC[C@@H]([C@@H](O)c3nccn3C)C2)n1. The molecule has 112 valence electrons. The molecule has 0 spiro atoms. The maximum absolute atomic E-state index is 10.6. The molecule has 2 aromatic heterocycles. The van der Waals surface area contributed by atoms with Crippen molar-refractivity contribution in [1.29, 1.82) is 0 Å². The first kappa shape index (κ1) is 14.1. The van der Waals surface area contributed by atoms with Crippen LogP contribution in [0.25, 0.3) is 0 Å². The number of aryl methyl sites for hydroxylation is 2. The number of pyridine rings is 1. The summed E-state index contributed by atoms with van der Waals surface area (Å²) < 4.78 is 1.90. The van der Waals surface area contributed by atoms with Gasteiger partial charge in [-0.3, -0.25) is 0 Å². The van der Waals surface area contributed by atoms with Crippen LogP contribution in [0.2, 0.25) is 0 Å². The van der Waals surface area contributed by atoms with Gasteiger partial charge in [-0.2, -0.15) is 0 Å². The average molecular weight is 286 g/mol. The lowest BCUT2D eigenvalue weighted by Gasteiger charge is -2.35. The van der Waals surface area contributed by atoms with Gasteiger partial charge in [0.1, 0.15) is 17.7 Å². The quantitative estimate of drug-likeness (QED) is 0.938. The molecule has 1 saturated heterocycles. The van der Waals surface area contributed by atoms with Gasteiger partial charge in [-0.15, -0.1) is 0 Å². The molecular formula is C16H22N4O. The largest absolute Gasteiger partial charge is 0.385 e. The fourth-order valence-corrected chi connectivity index (χ4v) is 3.05. The summed E-state index contributed by atoms with van der Waals surface area (Å²) in [6.45, 7) is 3.83. The summed E-state index contributed by atoms with van der Waals surface area (Å²) in [4.78, 5) is 11.1. The van der Waals surface area contributed by atoms with Crippen molar-refractivity contribution in [2.75, 3.05) is 18.0 Å². The number of hydrogen-bond donors (Lipinski definition) is 1. The Morgan fingerprint density at radius 3 is 2.95 bits per heavy atom. The number of nitrogens with zero attached hydrogens (tertiary/aromatic N) is 4. The lowest BCUT2D eigenvalue weighted by atomic mass is 9.92. The van der Waals surface area contributed by atoms with Crippen LogP contribution in [0.4, 0.5) is 5.82 Å². The zero-order chi connectivity index (χ0) is 14.8. The van der Waals surface area contributed by atoms with Gasteiger partial charge in [-0.1, -0.05) is 6.07 Å². The summed E-state index contributed by atoms with van der Waals surface area (Å²) in [6.07, 6.45) is 5.19. The van der Waals surface area contributed by atoms with Crippen LogP contribution in [-0.4, -0.2) is 32.7 Å². The van der Waals surface area contributed by atoms with Crippen molar-refractivity contribution < 1.29 is 5.11 Å². The van der Waals surface area contributed by atoms with Gasteiger partial charge in [0, 0.05) is 44.1 Å². The van der Waals surface area contributed by atoms with Crippen LogP contribution < -0.4 is 4.90 Å². The number of rotatable bonds is 3. The predicted octanol–water partition coefficient (Wildman–Crippen LogP) is 2.07. The van der Waals surface area contributed by atoms with Crippen LogP contribution in [0.5, 0.6) is 0 Å². The normalized spacial score (nSPS) is 20.5. The van der Waals surface area contributed by atoms with E-state index in [0.29, 0.717) is 0 Å². The van der Waals surface area contributed by atoms with Crippen LogP contribution in [0, 0.1) is 12.8 Å². The van der Waals surface area contributed by atoms with E-state index in [4.69, 9.17) is 0 Å². The molecule has 0 aromatic carbocycles. The molecule has 0 aliphatic carbocycles. The van der Waals surface area contributed by atoms with Gasteiger partial charge in [-0.05, 0) is 31.9 Å². The molecule has 2 atom stereocenters. The summed E-state index contributed by atoms with van der Waals surface area (Å²) in [5.41, 5.74) is 1.03. The van der Waals surface area contributed by atoms with E-state index in [1.54, 1.807) is 6.20 Å². The maximum Gasteiger partial charge on any atom is 0.137 e. The fourth-order valence-electron chi connectivity index (χ4n) is 3.05. The number of imidazole rings is 1. The number of anilines is 1. The minimum absolute atomic E-state index is 0.196. The second-order valence-electron chi connectivity index (χ2n) is 5.83. The minimum Gasteiger partial charge on any atom is -0.385 e. The Morgan fingerprint density at radius 1 is 1.38 bits per heavy atom. The lowest BCUT2D eigenvalue weighted by molar-refractivity contribution is 0.0874. The number of aliphatic hydroxyl groups excluding tert-OH is 1. The molecule has 21 heavy (non-hydrogen) atoms. The third kappa shape index (κ3) is 2.93. The van der Waals surface area contributed by atoms with Gasteiger partial charge in [0.25, 0.3) is 0 Å². The van der Waals surface area contributed by atoms with Crippen molar-refractivity contribution in [1.82, 2.24) is 14.5 Å². The summed E-state index contributed by atoms with van der Waals surface area (Å²) in [6, 6.07) is 6.09. The van der Waals surface area contributed by atoms with Crippen LogP contribution in [0.1, 0.15) is 30.5 Å². The zero-order valence-corrected chi connectivity index (χ0v) is 12.6. The van der Waals surface area contributed by atoms with Gasteiger partial charge >= 0.3 is 0 Å². The van der Waals surface area contributed by atoms with Crippen molar-refractivity contribution in [2.24, 2.45) is 13.0 Å². The van der Waals surface area contributed by atoms with E-state index in [0.717, 1.165) is 43.3 Å². The highest BCUT2D eigenvalue weighted by Gasteiger charge is 2.29. The second kappa shape index (κ2) is 5.85. The molecule has 0 amide bonds. The Hall–Kier alpha value is -1.88. The molecule has 1 N–H and O–H groups in total. The predicted molar refractivity (Wildman–Crippen MR) is 82.1 cm³/mol. The Labute approximate surface area is 125 Å². The molecule has 0 saturated carbocycles. The van der Waals surface area contributed by atoms with Crippen molar-refractivity contribution in [3.8, 4) is 0 Å². The van der Waals surface area contributed by atoms with E-state index in [-0.39, 0.29) is 5.92 Å². The van der Waals surface area contributed by atoms with Crippen molar-refractivity contribution in [3.05, 3.63) is 42.1 Å². The number of aliphatic hydroxyl groups is 1. The highest BCUT2D eigenvalue weighted by atomic mass is 16.3. The molecule has 5 heteroatoms. The van der Waals surface area contributed by atoms with Crippen LogP contribution in [0.3, 0.4) is 0 Å². The molecule has 5 nitrogen and oxygen atoms in total. The van der Waals surface area contributed by atoms with E-state index in [9.17, 15) is 5.11 Å². The molecule has 1 aliphatic heterocycles. The minimum atomic E-state index is -0.516. The first-order valence-electron chi connectivity index (χ1n) is 7.49. The van der Waals surface area contributed by atoms with Gasteiger partial charge in [0.05, 0.1) is 0 Å². The first-order chi connectivity index (χ1) is 10.1. The Kier molecular flexibility index (Phi) is 3.92. The maximum atomic E-state index is 10.6. The molecule has 3 rings (SSSR count). The Balaban J connectivity index is 1.75. The van der Waals surface area contributed by atoms with E-state index in [2.05, 4.69) is 14.9 Å². The van der Waals surface area contributed by atoms with Crippen LogP contribution in [0.15, 0.2) is 30.6 Å². The molecule has 2 aromatic rings. The van der Waals surface area contributed by atoms with E-state index < -0.39 is 6.10 Å². The summed E-state index contributed by atoms with van der Waals surface area (Å²) >= 11 is 0. The topological polar surface area (TPSA) is 54.2 Å². The number of hydrogen-bond acceptors (Lipinski definition) is 4. The van der Waals surface area contributed by atoms with Gasteiger partial charge in [-0.25, -0.2) is 9.97 Å². The summed E-state index contributed by atoms with van der Waals surface area (Å²) in [5, 5.41) is 10.6. The molecule has 1 fully saturated rings. The number of aromatic nitrogens is 3. The van der Waals surface area contributed by atoms with Crippen molar-refractivity contribution >= 4 is 5.82 Å². The number of piperidine rings is 1. The summed E-state index contributed by atoms with van der Waals surface area (Å²) in [7, 11) is 1.92. The van der Waals surface area contributed by atoms with Gasteiger partial charge in [0.2, 0.25) is 0 Å². The average Bonchev–Trinajstić information content (AvgIpc) is 2.93. The Bertz CT molecular complexity index is 610. The van der Waals surface area contributed by atoms with Crippen molar-refractivity contribution in [2.45, 2.75) is 25.9 Å². The van der Waals surface area contributed by atoms with Crippen molar-refractivity contribution in [3.63, 3.8) is 0 Å². The molecule has 0 unspecified atom stereocenters. The second-order valence-corrected chi connectivity index (χ2v) is 5.83. The standard InChI is InChI=1S/C16H22N4O/c1-12-5-3-7-14(18-12)20-9-4-6-13(11-20)15(21)16-17-8-10-19(16)2/h3,5,7-8,10,13,15,21H,4,6,9,11H2,1-2H3/t13-,15-/m1/s1. The lowest BCUT2D eigenvalue weighted by Crippen LogP contribution is -2.38. The smallest absolute Gasteiger partial charge is 0.137 e. The summed E-state index contributed by atoms with van der Waals surface area (Å²) in [5.74, 6) is 1.95. The molecule has 3 heterocycles. The van der Waals surface area contributed by atoms with E-state index >= 15 is 0 Å². The molecule has 1 aliphatic rings. The monoisotopic (exact) mass is 286 g/mol. The third-order valence-electron chi connectivity index (χ3n) is 4.22. The van der Waals surface area contributed by atoms with Crippen LogP contribution >= 0.6 is 0 Å². The molecular weight excluding hydrogens is 264 g/mol. The Morgan fingerprint density at radius 2 is 2.24 bits per heavy atom. The highest BCUT2D eigenvalue weighted by molar-refractivity contribution is 5.39. The van der Waals surface area contributed by atoms with Gasteiger partial charge < -0.3 is 14.6 Å².